The van der Waals surface area contributed by atoms with Gasteiger partial charge in [0.2, 0.25) is 0 Å². The van der Waals surface area contributed by atoms with E-state index in [1.54, 1.807) is 6.07 Å². The molecule has 4 nitrogen and oxygen atoms in total. The molecule has 5 heteroatoms. The van der Waals surface area contributed by atoms with Crippen molar-refractivity contribution in [3.63, 3.8) is 0 Å². The number of hydrogen-bond donors (Lipinski definition) is 1. The highest BCUT2D eigenvalue weighted by Gasteiger charge is 2.05. The Labute approximate surface area is 102 Å². The van der Waals surface area contributed by atoms with Gasteiger partial charge in [-0.15, -0.1) is 0 Å². The fourth-order valence-electron chi connectivity index (χ4n) is 1.31. The van der Waals surface area contributed by atoms with E-state index in [0.717, 1.165) is 10.5 Å². The number of nitriles is 1. The lowest BCUT2D eigenvalue weighted by Gasteiger charge is -2.03. The molecule has 0 unspecified atom stereocenters. The molecule has 0 aliphatic rings. The number of hydrogen-bond acceptors (Lipinski definition) is 4. The van der Waals surface area contributed by atoms with Gasteiger partial charge in [-0.05, 0) is 24.6 Å². The van der Waals surface area contributed by atoms with E-state index in [1.165, 1.54) is 24.0 Å². The first-order chi connectivity index (χ1) is 8.19. The predicted octanol–water partition coefficient (Wildman–Crippen LogP) is 2.10. The van der Waals surface area contributed by atoms with Crippen molar-refractivity contribution in [2.24, 2.45) is 0 Å². The molecule has 0 saturated heterocycles. The van der Waals surface area contributed by atoms with Crippen LogP contribution in [0.4, 0.5) is 0 Å². The summed E-state index contributed by atoms with van der Waals surface area (Å²) in [5.74, 6) is 0. The fourth-order valence-corrected chi connectivity index (χ4v) is 2.26. The van der Waals surface area contributed by atoms with Crippen molar-refractivity contribution in [1.82, 2.24) is 9.97 Å². The van der Waals surface area contributed by atoms with Gasteiger partial charge in [-0.25, -0.2) is 4.98 Å². The van der Waals surface area contributed by atoms with Gasteiger partial charge in [-0.1, -0.05) is 17.8 Å². The van der Waals surface area contributed by atoms with Gasteiger partial charge in [-0.3, -0.25) is 4.79 Å². The first-order valence-electron chi connectivity index (χ1n) is 4.93. The maximum absolute atomic E-state index is 11.1. The number of benzene rings is 1. The number of aromatic amines is 1. The Morgan fingerprint density at radius 3 is 2.94 bits per heavy atom. The SMILES string of the molecule is Cc1ccc(C#N)c(Sc2nccc(=O)[nH]2)c1. The van der Waals surface area contributed by atoms with Gasteiger partial charge in [-0.2, -0.15) is 5.26 Å². The minimum atomic E-state index is -0.200. The standard InChI is InChI=1S/C12H9N3OS/c1-8-2-3-9(7-13)10(6-8)17-12-14-5-4-11(16)15-12/h2-6H,1H3,(H,14,15,16). The zero-order valence-corrected chi connectivity index (χ0v) is 9.91. The maximum atomic E-state index is 11.1. The molecule has 0 bridgehead atoms. The summed E-state index contributed by atoms with van der Waals surface area (Å²) in [4.78, 5) is 18.6. The van der Waals surface area contributed by atoms with Crippen molar-refractivity contribution in [1.29, 1.82) is 5.26 Å². The molecule has 1 N–H and O–H groups in total. The van der Waals surface area contributed by atoms with Crippen LogP contribution in [0.5, 0.6) is 0 Å². The molecule has 84 valence electrons. The number of nitrogens with one attached hydrogen (secondary N) is 1. The summed E-state index contributed by atoms with van der Waals surface area (Å²) in [5, 5.41) is 9.47. The van der Waals surface area contributed by atoms with Crippen molar-refractivity contribution >= 4 is 11.8 Å². The Kier molecular flexibility index (Phi) is 3.26. The summed E-state index contributed by atoms with van der Waals surface area (Å²) in [6.45, 7) is 1.95. The Morgan fingerprint density at radius 2 is 2.24 bits per heavy atom. The van der Waals surface area contributed by atoms with Crippen LogP contribution in [0.1, 0.15) is 11.1 Å². The molecule has 17 heavy (non-hydrogen) atoms. The topological polar surface area (TPSA) is 69.5 Å². The highest BCUT2D eigenvalue weighted by molar-refractivity contribution is 7.99. The quantitative estimate of drug-likeness (QED) is 0.820. The summed E-state index contributed by atoms with van der Waals surface area (Å²) in [7, 11) is 0. The minimum absolute atomic E-state index is 0.200. The van der Waals surface area contributed by atoms with E-state index in [4.69, 9.17) is 5.26 Å². The van der Waals surface area contributed by atoms with Crippen LogP contribution in [0.2, 0.25) is 0 Å². The lowest BCUT2D eigenvalue weighted by molar-refractivity contribution is 0.936. The van der Waals surface area contributed by atoms with Gasteiger partial charge < -0.3 is 4.98 Å². The summed E-state index contributed by atoms with van der Waals surface area (Å²) in [5.41, 5.74) is 1.44. The molecule has 0 fully saturated rings. The predicted molar refractivity (Wildman–Crippen MR) is 64.9 cm³/mol. The van der Waals surface area contributed by atoms with Crippen LogP contribution >= 0.6 is 11.8 Å². The molecule has 2 rings (SSSR count). The number of H-pyrrole nitrogens is 1. The van der Waals surface area contributed by atoms with E-state index >= 15 is 0 Å². The summed E-state index contributed by atoms with van der Waals surface area (Å²) in [6.07, 6.45) is 1.45. The Hall–Kier alpha value is -2.06. The molecule has 0 radical (unpaired) electrons. The molecule has 1 heterocycles. The Balaban J connectivity index is 2.39. The van der Waals surface area contributed by atoms with Crippen molar-refractivity contribution < 1.29 is 0 Å². The average Bonchev–Trinajstić information content (AvgIpc) is 2.29. The van der Waals surface area contributed by atoms with Crippen LogP contribution in [0, 0.1) is 18.3 Å². The molecule has 0 atom stereocenters. The molecule has 2 aromatic rings. The molecule has 0 amide bonds. The van der Waals surface area contributed by atoms with Crippen LogP contribution in [-0.2, 0) is 0 Å². The monoisotopic (exact) mass is 243 g/mol. The Bertz CT molecular complexity index is 643. The minimum Gasteiger partial charge on any atom is -0.301 e. The second kappa shape index (κ2) is 4.85. The van der Waals surface area contributed by atoms with Gasteiger partial charge in [0.1, 0.15) is 6.07 Å². The number of rotatable bonds is 2. The summed E-state index contributed by atoms with van der Waals surface area (Å²) >= 11 is 1.28. The largest absolute Gasteiger partial charge is 0.301 e. The van der Waals surface area contributed by atoms with Crippen LogP contribution in [0.25, 0.3) is 0 Å². The number of nitrogens with zero attached hydrogens (tertiary/aromatic N) is 2. The van der Waals surface area contributed by atoms with E-state index in [9.17, 15) is 4.79 Å². The average molecular weight is 243 g/mol. The van der Waals surface area contributed by atoms with Gasteiger partial charge >= 0.3 is 0 Å². The molecular formula is C12H9N3OS. The molecule has 0 spiro atoms. The van der Waals surface area contributed by atoms with Crippen LogP contribution in [0.3, 0.4) is 0 Å². The van der Waals surface area contributed by atoms with Gasteiger partial charge in [0.05, 0.1) is 5.56 Å². The fraction of sp³-hybridized carbons (Fsp3) is 0.0833. The zero-order valence-electron chi connectivity index (χ0n) is 9.10. The first-order valence-corrected chi connectivity index (χ1v) is 5.74. The Morgan fingerprint density at radius 1 is 1.41 bits per heavy atom. The van der Waals surface area contributed by atoms with E-state index in [-0.39, 0.29) is 5.56 Å². The summed E-state index contributed by atoms with van der Waals surface area (Å²) in [6, 6.07) is 9.01. The molecule has 0 aliphatic heterocycles. The van der Waals surface area contributed by atoms with Crippen molar-refractivity contribution in [3.05, 3.63) is 51.9 Å². The molecule has 0 saturated carbocycles. The molecule has 0 aliphatic carbocycles. The van der Waals surface area contributed by atoms with Crippen LogP contribution in [0.15, 0.2) is 45.3 Å². The van der Waals surface area contributed by atoms with Gasteiger partial charge in [0, 0.05) is 17.2 Å². The first kappa shape index (κ1) is 11.4. The van der Waals surface area contributed by atoms with Crippen molar-refractivity contribution in [2.45, 2.75) is 17.0 Å². The second-order valence-electron chi connectivity index (χ2n) is 3.45. The van der Waals surface area contributed by atoms with E-state index in [0.29, 0.717) is 10.7 Å². The van der Waals surface area contributed by atoms with Crippen molar-refractivity contribution in [2.75, 3.05) is 0 Å². The molecular weight excluding hydrogens is 234 g/mol. The van der Waals surface area contributed by atoms with E-state index < -0.39 is 0 Å². The normalized spacial score (nSPS) is 9.88. The van der Waals surface area contributed by atoms with Gasteiger partial charge in [0.25, 0.3) is 5.56 Å². The lowest BCUT2D eigenvalue weighted by Crippen LogP contribution is -2.05. The highest BCUT2D eigenvalue weighted by Crippen LogP contribution is 2.27. The lowest BCUT2D eigenvalue weighted by atomic mass is 10.2. The smallest absolute Gasteiger partial charge is 0.251 e. The zero-order chi connectivity index (χ0) is 12.3. The molecule has 1 aromatic carbocycles. The third-order valence-corrected chi connectivity index (χ3v) is 3.07. The van der Waals surface area contributed by atoms with E-state index in [2.05, 4.69) is 16.0 Å². The maximum Gasteiger partial charge on any atom is 0.251 e. The number of aromatic nitrogens is 2. The van der Waals surface area contributed by atoms with E-state index in [1.807, 2.05) is 19.1 Å². The van der Waals surface area contributed by atoms with Crippen LogP contribution in [-0.4, -0.2) is 9.97 Å². The second-order valence-corrected chi connectivity index (χ2v) is 4.48. The van der Waals surface area contributed by atoms with Gasteiger partial charge in [0.15, 0.2) is 5.16 Å². The third kappa shape index (κ3) is 2.74. The van der Waals surface area contributed by atoms with Crippen LogP contribution < -0.4 is 5.56 Å². The summed E-state index contributed by atoms with van der Waals surface area (Å²) < 4.78 is 0. The third-order valence-electron chi connectivity index (χ3n) is 2.11. The highest BCUT2D eigenvalue weighted by atomic mass is 32.2. The number of aryl methyl sites for hydroxylation is 1. The molecule has 1 aromatic heterocycles. The van der Waals surface area contributed by atoms with Crippen molar-refractivity contribution in [3.8, 4) is 6.07 Å².